The number of rotatable bonds is 3. The van der Waals surface area contributed by atoms with Gasteiger partial charge in [-0.15, -0.1) is 0 Å². The van der Waals surface area contributed by atoms with Crippen molar-refractivity contribution >= 4 is 11.7 Å². The molecule has 4 rings (SSSR count). The minimum atomic E-state index is 0.0220. The molecule has 1 atom stereocenters. The molecular formula is C19H21N5O. The van der Waals surface area contributed by atoms with Crippen molar-refractivity contribution in [3.8, 4) is 5.69 Å². The Morgan fingerprint density at radius 3 is 2.84 bits per heavy atom. The number of amides is 1. The van der Waals surface area contributed by atoms with Crippen molar-refractivity contribution in [2.45, 2.75) is 39.7 Å². The van der Waals surface area contributed by atoms with Gasteiger partial charge >= 0.3 is 0 Å². The lowest BCUT2D eigenvalue weighted by atomic mass is 9.83. The van der Waals surface area contributed by atoms with Crippen LogP contribution in [0.25, 0.3) is 5.69 Å². The average Bonchev–Trinajstić information content (AvgIpc) is 3.22. The van der Waals surface area contributed by atoms with Gasteiger partial charge in [-0.1, -0.05) is 6.07 Å². The Morgan fingerprint density at radius 2 is 2.16 bits per heavy atom. The minimum absolute atomic E-state index is 0.0220. The number of aryl methyl sites for hydroxylation is 2. The van der Waals surface area contributed by atoms with Crippen LogP contribution < -0.4 is 5.32 Å². The molecule has 0 bridgehead atoms. The van der Waals surface area contributed by atoms with Gasteiger partial charge in [0.05, 0.1) is 5.69 Å². The molecule has 3 aromatic rings. The maximum Gasteiger partial charge on any atom is 0.226 e. The predicted molar refractivity (Wildman–Crippen MR) is 96.0 cm³/mol. The van der Waals surface area contributed by atoms with Crippen LogP contribution in [-0.2, 0) is 11.3 Å². The van der Waals surface area contributed by atoms with E-state index in [1.54, 1.807) is 6.20 Å². The van der Waals surface area contributed by atoms with E-state index in [4.69, 9.17) is 0 Å². The Labute approximate surface area is 146 Å². The van der Waals surface area contributed by atoms with E-state index in [9.17, 15) is 4.79 Å². The fourth-order valence-electron chi connectivity index (χ4n) is 3.73. The van der Waals surface area contributed by atoms with Crippen LogP contribution in [0.1, 0.15) is 41.6 Å². The van der Waals surface area contributed by atoms with Crippen molar-refractivity contribution < 1.29 is 4.79 Å². The zero-order valence-electron chi connectivity index (χ0n) is 14.7. The number of anilines is 1. The third-order valence-corrected chi connectivity index (χ3v) is 4.95. The highest BCUT2D eigenvalue weighted by atomic mass is 16.1. The molecule has 0 spiro atoms. The highest BCUT2D eigenvalue weighted by Crippen LogP contribution is 2.40. The Bertz CT molecular complexity index is 939. The maximum atomic E-state index is 12.2. The Balaban J connectivity index is 1.80. The Hall–Kier alpha value is -2.89. The van der Waals surface area contributed by atoms with Crippen molar-refractivity contribution in [3.05, 3.63) is 59.0 Å². The summed E-state index contributed by atoms with van der Waals surface area (Å²) in [4.78, 5) is 12.2. The molecule has 6 heteroatoms. The van der Waals surface area contributed by atoms with E-state index in [0.29, 0.717) is 12.2 Å². The van der Waals surface area contributed by atoms with Crippen molar-refractivity contribution in [1.29, 1.82) is 0 Å². The van der Waals surface area contributed by atoms with E-state index in [0.717, 1.165) is 29.1 Å². The fraction of sp³-hybridized carbons (Fsp3) is 0.316. The van der Waals surface area contributed by atoms with Gasteiger partial charge < -0.3 is 5.32 Å². The Kier molecular flexibility index (Phi) is 3.67. The second-order valence-corrected chi connectivity index (χ2v) is 6.46. The monoisotopic (exact) mass is 335 g/mol. The first kappa shape index (κ1) is 15.6. The number of hydrogen-bond acceptors (Lipinski definition) is 3. The van der Waals surface area contributed by atoms with Crippen molar-refractivity contribution in [3.63, 3.8) is 0 Å². The number of nitrogens with zero attached hydrogens (tertiary/aromatic N) is 4. The van der Waals surface area contributed by atoms with E-state index in [2.05, 4.69) is 54.5 Å². The summed E-state index contributed by atoms with van der Waals surface area (Å²) in [6.45, 7) is 7.02. The number of aromatic nitrogens is 4. The summed E-state index contributed by atoms with van der Waals surface area (Å²) in [5.41, 5.74) is 5.61. The molecule has 1 amide bonds. The third kappa shape index (κ3) is 2.54. The number of carbonyl (C=O) groups is 1. The van der Waals surface area contributed by atoms with Gasteiger partial charge in [-0.2, -0.15) is 10.2 Å². The zero-order valence-corrected chi connectivity index (χ0v) is 14.7. The summed E-state index contributed by atoms with van der Waals surface area (Å²) in [6.07, 6.45) is 4.14. The van der Waals surface area contributed by atoms with Gasteiger partial charge in [0.2, 0.25) is 5.91 Å². The van der Waals surface area contributed by atoms with E-state index in [1.807, 2.05) is 21.6 Å². The second kappa shape index (κ2) is 5.88. The van der Waals surface area contributed by atoms with Crippen molar-refractivity contribution in [2.75, 3.05) is 5.32 Å². The van der Waals surface area contributed by atoms with E-state index in [-0.39, 0.29) is 11.8 Å². The number of carbonyl (C=O) groups excluding carboxylic acids is 1. The van der Waals surface area contributed by atoms with Gasteiger partial charge in [0.15, 0.2) is 5.82 Å². The molecule has 128 valence electrons. The molecule has 2 aromatic heterocycles. The molecule has 0 fully saturated rings. The summed E-state index contributed by atoms with van der Waals surface area (Å²) in [7, 11) is 0. The summed E-state index contributed by atoms with van der Waals surface area (Å²) in [5, 5.41) is 11.8. The SMILES string of the molecule is CCn1nc2c(c1C)C(c1ccc(-n3cccn3)cc1C)CC(=O)N2. The number of benzene rings is 1. The number of fused-ring (bicyclic) bond motifs is 1. The first-order chi connectivity index (χ1) is 12.1. The smallest absolute Gasteiger partial charge is 0.226 e. The molecule has 1 aliphatic rings. The van der Waals surface area contributed by atoms with Crippen LogP contribution in [0.5, 0.6) is 0 Å². The van der Waals surface area contributed by atoms with E-state index < -0.39 is 0 Å². The quantitative estimate of drug-likeness (QED) is 0.799. The number of hydrogen-bond donors (Lipinski definition) is 1. The topological polar surface area (TPSA) is 64.7 Å². The van der Waals surface area contributed by atoms with Gasteiger partial charge in [-0.3, -0.25) is 9.48 Å². The standard InChI is InChI=1S/C19H21N5O/c1-4-23-13(3)18-16(11-17(25)21-19(18)22-23)15-7-6-14(10-12(15)2)24-9-5-8-20-24/h5-10,16H,4,11H2,1-3H3,(H,21,22,25). The van der Waals surface area contributed by atoms with Gasteiger partial charge in [0.1, 0.15) is 0 Å². The molecule has 6 nitrogen and oxygen atoms in total. The summed E-state index contributed by atoms with van der Waals surface area (Å²) >= 11 is 0. The molecule has 0 saturated carbocycles. The summed E-state index contributed by atoms with van der Waals surface area (Å²) < 4.78 is 3.80. The van der Waals surface area contributed by atoms with Crippen LogP contribution in [0.4, 0.5) is 5.82 Å². The van der Waals surface area contributed by atoms with E-state index >= 15 is 0 Å². The van der Waals surface area contributed by atoms with Crippen molar-refractivity contribution in [1.82, 2.24) is 19.6 Å². The van der Waals surface area contributed by atoms with Crippen LogP contribution in [0.15, 0.2) is 36.7 Å². The number of nitrogens with one attached hydrogen (secondary N) is 1. The largest absolute Gasteiger partial charge is 0.309 e. The van der Waals surface area contributed by atoms with Crippen LogP contribution >= 0.6 is 0 Å². The first-order valence-corrected chi connectivity index (χ1v) is 8.56. The van der Waals surface area contributed by atoms with Gasteiger partial charge in [0, 0.05) is 42.5 Å². The van der Waals surface area contributed by atoms with Crippen LogP contribution in [0.2, 0.25) is 0 Å². The normalized spacial score (nSPS) is 16.6. The molecule has 0 saturated heterocycles. The fourth-order valence-corrected chi connectivity index (χ4v) is 3.73. The predicted octanol–water partition coefficient (Wildman–Crippen LogP) is 3.18. The Morgan fingerprint density at radius 1 is 1.32 bits per heavy atom. The summed E-state index contributed by atoms with van der Waals surface area (Å²) in [6, 6.07) is 8.20. The lowest BCUT2D eigenvalue weighted by Gasteiger charge is -2.24. The molecule has 1 aliphatic heterocycles. The van der Waals surface area contributed by atoms with Crippen LogP contribution in [-0.4, -0.2) is 25.5 Å². The highest BCUT2D eigenvalue weighted by molar-refractivity contribution is 5.94. The molecule has 1 unspecified atom stereocenters. The van der Waals surface area contributed by atoms with Gasteiger partial charge in [-0.05, 0) is 50.1 Å². The molecule has 0 aliphatic carbocycles. The lowest BCUT2D eigenvalue weighted by molar-refractivity contribution is -0.116. The third-order valence-electron chi connectivity index (χ3n) is 4.95. The molecular weight excluding hydrogens is 314 g/mol. The second-order valence-electron chi connectivity index (χ2n) is 6.46. The molecule has 25 heavy (non-hydrogen) atoms. The molecule has 1 N–H and O–H groups in total. The van der Waals surface area contributed by atoms with Gasteiger partial charge in [0.25, 0.3) is 0 Å². The molecule has 0 radical (unpaired) electrons. The minimum Gasteiger partial charge on any atom is -0.309 e. The van der Waals surface area contributed by atoms with Crippen LogP contribution in [0.3, 0.4) is 0 Å². The van der Waals surface area contributed by atoms with Crippen LogP contribution in [0, 0.1) is 13.8 Å². The van der Waals surface area contributed by atoms with Crippen molar-refractivity contribution in [2.24, 2.45) is 0 Å². The van der Waals surface area contributed by atoms with E-state index in [1.165, 1.54) is 5.56 Å². The maximum absolute atomic E-state index is 12.2. The molecule has 3 heterocycles. The highest BCUT2D eigenvalue weighted by Gasteiger charge is 2.32. The zero-order chi connectivity index (χ0) is 17.6. The average molecular weight is 335 g/mol. The lowest BCUT2D eigenvalue weighted by Crippen LogP contribution is -2.24. The van der Waals surface area contributed by atoms with Gasteiger partial charge in [-0.25, -0.2) is 4.68 Å². The molecule has 1 aromatic carbocycles. The first-order valence-electron chi connectivity index (χ1n) is 8.56. The summed E-state index contributed by atoms with van der Waals surface area (Å²) in [5.74, 6) is 0.765.